The molecule has 0 saturated carbocycles. The van der Waals surface area contributed by atoms with Gasteiger partial charge in [0.2, 0.25) is 0 Å². The summed E-state index contributed by atoms with van der Waals surface area (Å²) in [6, 6.07) is 1.97. The van der Waals surface area contributed by atoms with Crippen LogP contribution >= 0.6 is 11.3 Å². The molecule has 0 N–H and O–H groups in total. The highest BCUT2D eigenvalue weighted by Gasteiger charge is 2.04. The van der Waals surface area contributed by atoms with Gasteiger partial charge < -0.3 is 0 Å². The van der Waals surface area contributed by atoms with Gasteiger partial charge in [-0.05, 0) is 13.0 Å². The summed E-state index contributed by atoms with van der Waals surface area (Å²) >= 11 is 1.67. The second-order valence-corrected chi connectivity index (χ2v) is 3.89. The molecule has 0 bridgehead atoms. The minimum absolute atomic E-state index is 0.954. The summed E-state index contributed by atoms with van der Waals surface area (Å²) in [5.74, 6) is 0. The molecule has 0 unspecified atom stereocenters. The Balaban J connectivity index is 2.43. The average molecular weight is 179 g/mol. The summed E-state index contributed by atoms with van der Waals surface area (Å²) in [6.45, 7) is 2.05. The van der Waals surface area contributed by atoms with Gasteiger partial charge in [0.15, 0.2) is 0 Å². The van der Waals surface area contributed by atoms with E-state index in [4.69, 9.17) is 0 Å². The molecule has 2 heterocycles. The van der Waals surface area contributed by atoms with Crippen LogP contribution in [0.4, 0.5) is 0 Å². The van der Waals surface area contributed by atoms with Crippen molar-refractivity contribution in [1.82, 2.24) is 14.8 Å². The van der Waals surface area contributed by atoms with Crippen molar-refractivity contribution < 1.29 is 0 Å². The summed E-state index contributed by atoms with van der Waals surface area (Å²) in [5.41, 5.74) is 0.954. The third kappa shape index (κ3) is 1.25. The third-order valence-electron chi connectivity index (χ3n) is 1.55. The van der Waals surface area contributed by atoms with Crippen LogP contribution in [0.25, 0.3) is 10.7 Å². The molecule has 3 nitrogen and oxygen atoms in total. The monoisotopic (exact) mass is 179 g/mol. The molecule has 0 saturated heterocycles. The Morgan fingerprint density at radius 3 is 2.83 bits per heavy atom. The van der Waals surface area contributed by atoms with E-state index in [0.717, 1.165) is 10.7 Å². The lowest BCUT2D eigenvalue weighted by Crippen LogP contribution is -1.86. The van der Waals surface area contributed by atoms with Crippen LogP contribution in [0.2, 0.25) is 0 Å². The summed E-state index contributed by atoms with van der Waals surface area (Å²) in [7, 11) is 1.91. The zero-order valence-corrected chi connectivity index (χ0v) is 7.80. The first-order chi connectivity index (χ1) is 5.75. The van der Waals surface area contributed by atoms with Crippen molar-refractivity contribution >= 4 is 11.3 Å². The summed E-state index contributed by atoms with van der Waals surface area (Å²) in [5, 5.41) is 5.25. The van der Waals surface area contributed by atoms with E-state index < -0.39 is 0 Å². The van der Waals surface area contributed by atoms with E-state index >= 15 is 0 Å². The van der Waals surface area contributed by atoms with Gasteiger partial charge in [-0.15, -0.1) is 11.3 Å². The predicted molar refractivity (Wildman–Crippen MR) is 49.1 cm³/mol. The second-order valence-electron chi connectivity index (χ2n) is 2.65. The maximum Gasteiger partial charge on any atom is 0.143 e. The SMILES string of the molecule is Cc1cnc(-c2ccn(C)n2)s1. The van der Waals surface area contributed by atoms with Crippen LogP contribution in [0.1, 0.15) is 4.88 Å². The summed E-state index contributed by atoms with van der Waals surface area (Å²) < 4.78 is 1.78. The number of aromatic nitrogens is 3. The zero-order chi connectivity index (χ0) is 8.55. The molecule has 12 heavy (non-hydrogen) atoms. The quantitative estimate of drug-likeness (QED) is 0.669. The molecule has 2 aromatic rings. The molecule has 0 atom stereocenters. The van der Waals surface area contributed by atoms with Crippen molar-refractivity contribution in [2.24, 2.45) is 7.05 Å². The van der Waals surface area contributed by atoms with Gasteiger partial charge in [0, 0.05) is 24.3 Å². The average Bonchev–Trinajstić information content (AvgIpc) is 2.58. The molecular formula is C8H9N3S. The molecule has 4 heteroatoms. The van der Waals surface area contributed by atoms with Gasteiger partial charge >= 0.3 is 0 Å². The first kappa shape index (κ1) is 7.49. The van der Waals surface area contributed by atoms with E-state index in [1.165, 1.54) is 4.88 Å². The first-order valence-electron chi connectivity index (χ1n) is 3.68. The van der Waals surface area contributed by atoms with Gasteiger partial charge in [0.1, 0.15) is 10.7 Å². The van der Waals surface area contributed by atoms with Crippen LogP contribution in [0, 0.1) is 6.92 Å². The van der Waals surface area contributed by atoms with Gasteiger partial charge in [0.25, 0.3) is 0 Å². The van der Waals surface area contributed by atoms with Crippen molar-refractivity contribution in [3.8, 4) is 10.7 Å². The van der Waals surface area contributed by atoms with Crippen LogP contribution in [-0.2, 0) is 7.05 Å². The lowest BCUT2D eigenvalue weighted by atomic mass is 10.5. The van der Waals surface area contributed by atoms with E-state index in [1.54, 1.807) is 16.0 Å². The molecule has 0 amide bonds. The Morgan fingerprint density at radius 2 is 2.33 bits per heavy atom. The molecule has 2 aromatic heterocycles. The van der Waals surface area contributed by atoms with Crippen molar-refractivity contribution in [3.05, 3.63) is 23.3 Å². The lowest BCUT2D eigenvalue weighted by molar-refractivity contribution is 0.770. The van der Waals surface area contributed by atoms with Gasteiger partial charge in [-0.1, -0.05) is 0 Å². The standard InChI is InChI=1S/C8H9N3S/c1-6-5-9-8(12-6)7-3-4-11(2)10-7/h3-5H,1-2H3. The second kappa shape index (κ2) is 2.71. The fourth-order valence-corrected chi connectivity index (χ4v) is 1.73. The highest BCUT2D eigenvalue weighted by Crippen LogP contribution is 2.22. The molecule has 0 aliphatic rings. The number of hydrogen-bond acceptors (Lipinski definition) is 3. The molecule has 0 aliphatic heterocycles. The van der Waals surface area contributed by atoms with Gasteiger partial charge in [-0.2, -0.15) is 5.10 Å². The fraction of sp³-hybridized carbons (Fsp3) is 0.250. The summed E-state index contributed by atoms with van der Waals surface area (Å²) in [4.78, 5) is 5.46. The van der Waals surface area contributed by atoms with E-state index in [-0.39, 0.29) is 0 Å². The van der Waals surface area contributed by atoms with Crippen LogP contribution in [0.15, 0.2) is 18.5 Å². The Labute approximate surface area is 74.7 Å². The van der Waals surface area contributed by atoms with E-state index in [1.807, 2.05) is 32.4 Å². The lowest BCUT2D eigenvalue weighted by Gasteiger charge is -1.86. The van der Waals surface area contributed by atoms with Gasteiger partial charge in [0.05, 0.1) is 0 Å². The number of aryl methyl sites for hydroxylation is 2. The molecule has 62 valence electrons. The van der Waals surface area contributed by atoms with Crippen LogP contribution in [0.5, 0.6) is 0 Å². The first-order valence-corrected chi connectivity index (χ1v) is 4.50. The highest BCUT2D eigenvalue weighted by molar-refractivity contribution is 7.14. The highest BCUT2D eigenvalue weighted by atomic mass is 32.1. The zero-order valence-electron chi connectivity index (χ0n) is 6.98. The molecule has 0 radical (unpaired) electrons. The van der Waals surface area contributed by atoms with Gasteiger partial charge in [-0.25, -0.2) is 4.98 Å². The minimum atomic E-state index is 0.954. The largest absolute Gasteiger partial charge is 0.275 e. The molecule has 0 spiro atoms. The minimum Gasteiger partial charge on any atom is -0.275 e. The van der Waals surface area contributed by atoms with Crippen molar-refractivity contribution in [2.45, 2.75) is 6.92 Å². The van der Waals surface area contributed by atoms with Crippen LogP contribution in [-0.4, -0.2) is 14.8 Å². The molecule has 2 rings (SSSR count). The Morgan fingerprint density at radius 1 is 1.50 bits per heavy atom. The number of rotatable bonds is 1. The van der Waals surface area contributed by atoms with Gasteiger partial charge in [-0.3, -0.25) is 4.68 Å². The Kier molecular flexibility index (Phi) is 1.69. The Hall–Kier alpha value is -1.16. The Bertz CT molecular complexity index is 350. The van der Waals surface area contributed by atoms with E-state index in [9.17, 15) is 0 Å². The molecule has 0 fully saturated rings. The predicted octanol–water partition coefficient (Wildman–Crippen LogP) is 1.85. The number of thiazole rings is 1. The number of hydrogen-bond donors (Lipinski definition) is 0. The molecule has 0 aliphatic carbocycles. The maximum absolute atomic E-state index is 4.26. The fourth-order valence-electron chi connectivity index (χ4n) is 1.00. The van der Waals surface area contributed by atoms with Crippen molar-refractivity contribution in [1.29, 1.82) is 0 Å². The smallest absolute Gasteiger partial charge is 0.143 e. The number of nitrogens with zero attached hydrogens (tertiary/aromatic N) is 3. The van der Waals surface area contributed by atoms with Crippen molar-refractivity contribution in [3.63, 3.8) is 0 Å². The van der Waals surface area contributed by atoms with E-state index in [2.05, 4.69) is 10.1 Å². The van der Waals surface area contributed by atoms with E-state index in [0.29, 0.717) is 0 Å². The third-order valence-corrected chi connectivity index (χ3v) is 2.49. The maximum atomic E-state index is 4.26. The molecular weight excluding hydrogens is 170 g/mol. The normalized spacial score (nSPS) is 10.5. The molecule has 0 aromatic carbocycles. The van der Waals surface area contributed by atoms with Crippen LogP contribution < -0.4 is 0 Å². The van der Waals surface area contributed by atoms with Crippen molar-refractivity contribution in [2.75, 3.05) is 0 Å². The summed E-state index contributed by atoms with van der Waals surface area (Å²) in [6.07, 6.45) is 3.79. The topological polar surface area (TPSA) is 30.7 Å². The van der Waals surface area contributed by atoms with Crippen LogP contribution in [0.3, 0.4) is 0 Å².